The molecule has 0 saturated carbocycles. The van der Waals surface area contributed by atoms with E-state index in [0.717, 1.165) is 29.8 Å². The van der Waals surface area contributed by atoms with E-state index in [1.165, 1.54) is 0 Å². The van der Waals surface area contributed by atoms with E-state index in [1.807, 2.05) is 13.0 Å². The Morgan fingerprint density at radius 3 is 2.73 bits per heavy atom. The summed E-state index contributed by atoms with van der Waals surface area (Å²) in [5.74, 6) is 0.551. The number of fused-ring (bicyclic) bond motifs is 1. The van der Waals surface area contributed by atoms with Crippen LogP contribution in [0.3, 0.4) is 0 Å². The van der Waals surface area contributed by atoms with Gasteiger partial charge in [-0.2, -0.15) is 0 Å². The Balaban J connectivity index is 2.17. The van der Waals surface area contributed by atoms with E-state index < -0.39 is 8.07 Å². The molecular weight excluding hydrogens is 296 g/mol. The topological polar surface area (TPSA) is 53.4 Å². The zero-order valence-electron chi connectivity index (χ0n) is 13.8. The molecule has 0 unspecified atom stereocenters. The fourth-order valence-corrected chi connectivity index (χ4v) is 2.87. The molecule has 6 heteroatoms. The fourth-order valence-electron chi connectivity index (χ4n) is 2.11. The second-order valence-corrected chi connectivity index (χ2v) is 12.1. The molecule has 0 fully saturated rings. The number of nitrogens with zero attached hydrogens (tertiary/aromatic N) is 2. The monoisotopic (exact) mass is 320 g/mol. The second-order valence-electron chi connectivity index (χ2n) is 6.48. The number of rotatable bonds is 8. The minimum Gasteiger partial charge on any atom is -0.476 e. The molecule has 1 aromatic carbocycles. The summed E-state index contributed by atoms with van der Waals surface area (Å²) in [6.07, 6.45) is 0.830. The lowest BCUT2D eigenvalue weighted by Crippen LogP contribution is -2.22. The summed E-state index contributed by atoms with van der Waals surface area (Å²) in [5.41, 5.74) is 1.54. The lowest BCUT2D eigenvalue weighted by molar-refractivity contribution is 0.0805. The van der Waals surface area contributed by atoms with Crippen LogP contribution in [0.4, 0.5) is 0 Å². The number of carbonyl (C=O) groups excluding carboxylic acids is 1. The van der Waals surface area contributed by atoms with Crippen LogP contribution in [0.15, 0.2) is 18.2 Å². The maximum absolute atomic E-state index is 10.9. The molecule has 1 aromatic heterocycles. The molecule has 0 N–H and O–H groups in total. The summed E-state index contributed by atoms with van der Waals surface area (Å²) in [6, 6.07) is 6.60. The first-order valence-electron chi connectivity index (χ1n) is 7.61. The van der Waals surface area contributed by atoms with Crippen LogP contribution in [0.5, 0.6) is 5.88 Å². The third-order valence-corrected chi connectivity index (χ3v) is 5.07. The average Bonchev–Trinajstić information content (AvgIpc) is 2.80. The number of ether oxygens (including phenoxy) is 2. The molecule has 0 aliphatic carbocycles. The molecule has 0 spiro atoms. The van der Waals surface area contributed by atoms with Gasteiger partial charge in [-0.1, -0.05) is 19.6 Å². The number of carbonyl (C=O) groups is 1. The van der Waals surface area contributed by atoms with Crippen LogP contribution in [0.1, 0.15) is 17.3 Å². The highest BCUT2D eigenvalue weighted by atomic mass is 28.3. The predicted molar refractivity (Wildman–Crippen MR) is 90.4 cm³/mol. The van der Waals surface area contributed by atoms with E-state index in [1.54, 1.807) is 16.8 Å². The summed E-state index contributed by atoms with van der Waals surface area (Å²) in [5, 5.41) is 5.30. The Bertz CT molecular complexity index is 647. The molecule has 2 aromatic rings. The van der Waals surface area contributed by atoms with Crippen molar-refractivity contribution in [2.75, 3.05) is 13.2 Å². The lowest BCUT2D eigenvalue weighted by Gasteiger charge is -2.15. The molecule has 0 aliphatic heterocycles. The van der Waals surface area contributed by atoms with Gasteiger partial charge in [0, 0.05) is 20.2 Å². The number of aromatic nitrogens is 2. The van der Waals surface area contributed by atoms with Crippen molar-refractivity contribution < 1.29 is 14.3 Å². The predicted octanol–water partition coefficient (Wildman–Crippen LogP) is 3.56. The Labute approximate surface area is 132 Å². The van der Waals surface area contributed by atoms with E-state index >= 15 is 0 Å². The van der Waals surface area contributed by atoms with Gasteiger partial charge in [0.15, 0.2) is 0 Å². The minimum absolute atomic E-state index is 0.397. The van der Waals surface area contributed by atoms with Gasteiger partial charge < -0.3 is 9.47 Å². The Kier molecular flexibility index (Phi) is 5.36. The molecular formula is C16H24N2O3Si. The minimum atomic E-state index is -1.09. The molecule has 0 saturated heterocycles. The number of aldehydes is 1. The number of hydrogen-bond acceptors (Lipinski definition) is 4. The largest absolute Gasteiger partial charge is 0.476 e. The summed E-state index contributed by atoms with van der Waals surface area (Å²) in [6.45, 7) is 10.6. The Hall–Kier alpha value is -1.66. The molecule has 2 rings (SSSR count). The summed E-state index contributed by atoms with van der Waals surface area (Å²) >= 11 is 0. The number of hydrogen-bond donors (Lipinski definition) is 0. The van der Waals surface area contributed by atoms with Gasteiger partial charge in [-0.05, 0) is 31.2 Å². The smallest absolute Gasteiger partial charge is 0.240 e. The molecule has 5 nitrogen and oxygen atoms in total. The van der Waals surface area contributed by atoms with Gasteiger partial charge in [0.25, 0.3) is 0 Å². The first-order chi connectivity index (χ1) is 10.4. The normalized spacial score (nSPS) is 11.8. The van der Waals surface area contributed by atoms with Crippen molar-refractivity contribution in [2.45, 2.75) is 39.3 Å². The van der Waals surface area contributed by atoms with Gasteiger partial charge in [-0.25, -0.2) is 4.68 Å². The first kappa shape index (κ1) is 16.7. The van der Waals surface area contributed by atoms with Crippen LogP contribution >= 0.6 is 0 Å². The van der Waals surface area contributed by atoms with Crippen LogP contribution in [0.25, 0.3) is 10.9 Å². The highest BCUT2D eigenvalue weighted by molar-refractivity contribution is 6.76. The van der Waals surface area contributed by atoms with Crippen molar-refractivity contribution in [3.05, 3.63) is 23.8 Å². The van der Waals surface area contributed by atoms with Crippen molar-refractivity contribution >= 4 is 25.3 Å². The zero-order chi connectivity index (χ0) is 16.2. The van der Waals surface area contributed by atoms with E-state index in [4.69, 9.17) is 9.47 Å². The van der Waals surface area contributed by atoms with E-state index in [-0.39, 0.29) is 0 Å². The third kappa shape index (κ3) is 4.17. The molecule has 22 heavy (non-hydrogen) atoms. The summed E-state index contributed by atoms with van der Waals surface area (Å²) in [7, 11) is -1.09. The SMILES string of the molecule is CCOc1nn(COCC[Si](C)(C)C)c2ccc(C=O)cc12. The van der Waals surface area contributed by atoms with Crippen molar-refractivity contribution in [1.82, 2.24) is 9.78 Å². The fraction of sp³-hybridized carbons (Fsp3) is 0.500. The van der Waals surface area contributed by atoms with Crippen molar-refractivity contribution in [3.63, 3.8) is 0 Å². The second kappa shape index (κ2) is 7.06. The highest BCUT2D eigenvalue weighted by Gasteiger charge is 2.14. The van der Waals surface area contributed by atoms with Crippen LogP contribution in [0, 0.1) is 0 Å². The molecule has 0 radical (unpaired) electrons. The Morgan fingerprint density at radius 2 is 2.09 bits per heavy atom. The van der Waals surface area contributed by atoms with Crippen molar-refractivity contribution in [1.29, 1.82) is 0 Å². The van der Waals surface area contributed by atoms with Crippen LogP contribution in [0.2, 0.25) is 25.7 Å². The number of benzene rings is 1. The zero-order valence-corrected chi connectivity index (χ0v) is 14.8. The maximum Gasteiger partial charge on any atom is 0.240 e. The maximum atomic E-state index is 10.9. The van der Waals surface area contributed by atoms with E-state index in [9.17, 15) is 4.79 Å². The van der Waals surface area contributed by atoms with Gasteiger partial charge in [0.05, 0.1) is 17.5 Å². The quantitative estimate of drug-likeness (QED) is 0.424. The molecule has 120 valence electrons. The van der Waals surface area contributed by atoms with E-state index in [0.29, 0.717) is 24.8 Å². The molecule has 0 amide bonds. The third-order valence-electron chi connectivity index (χ3n) is 3.37. The van der Waals surface area contributed by atoms with Crippen LogP contribution < -0.4 is 4.74 Å². The van der Waals surface area contributed by atoms with Gasteiger partial charge in [0.1, 0.15) is 13.0 Å². The first-order valence-corrected chi connectivity index (χ1v) is 11.3. The van der Waals surface area contributed by atoms with Crippen LogP contribution in [-0.4, -0.2) is 37.4 Å². The Morgan fingerprint density at radius 1 is 1.32 bits per heavy atom. The highest BCUT2D eigenvalue weighted by Crippen LogP contribution is 2.26. The van der Waals surface area contributed by atoms with Gasteiger partial charge in [-0.15, -0.1) is 5.10 Å². The standard InChI is InChI=1S/C16H24N2O3Si/c1-5-21-16-14-10-13(11-19)6-7-15(14)18(17-16)12-20-8-9-22(2,3)4/h6-7,10-11H,5,8-9,12H2,1-4H3. The summed E-state index contributed by atoms with van der Waals surface area (Å²) in [4.78, 5) is 10.9. The summed E-state index contributed by atoms with van der Waals surface area (Å²) < 4.78 is 13.1. The van der Waals surface area contributed by atoms with Gasteiger partial charge in [-0.3, -0.25) is 4.79 Å². The molecule has 0 aliphatic rings. The van der Waals surface area contributed by atoms with Gasteiger partial charge in [0.2, 0.25) is 5.88 Å². The van der Waals surface area contributed by atoms with Crippen molar-refractivity contribution in [3.8, 4) is 5.88 Å². The average molecular weight is 320 g/mol. The van der Waals surface area contributed by atoms with E-state index in [2.05, 4.69) is 24.7 Å². The van der Waals surface area contributed by atoms with Crippen LogP contribution in [-0.2, 0) is 11.5 Å². The lowest BCUT2D eigenvalue weighted by atomic mass is 10.2. The molecule has 0 atom stereocenters. The van der Waals surface area contributed by atoms with Gasteiger partial charge >= 0.3 is 0 Å². The molecule has 1 heterocycles. The molecule has 0 bridgehead atoms. The van der Waals surface area contributed by atoms with Crippen molar-refractivity contribution in [2.24, 2.45) is 0 Å².